The van der Waals surface area contributed by atoms with Crippen molar-refractivity contribution in [2.75, 3.05) is 12.4 Å². The van der Waals surface area contributed by atoms with Gasteiger partial charge in [-0.1, -0.05) is 18.5 Å². The van der Waals surface area contributed by atoms with E-state index in [-0.39, 0.29) is 10.8 Å². The number of halogens is 1. The molecule has 0 aliphatic rings. The van der Waals surface area contributed by atoms with E-state index in [1.807, 2.05) is 0 Å². The molecule has 0 aliphatic heterocycles. The highest BCUT2D eigenvalue weighted by atomic mass is 35.5. The van der Waals surface area contributed by atoms with Crippen LogP contribution in [0.2, 0.25) is 5.02 Å². The van der Waals surface area contributed by atoms with Crippen LogP contribution in [0.15, 0.2) is 42.5 Å². The second-order valence-corrected chi connectivity index (χ2v) is 7.42. The molecule has 1 aromatic heterocycles. The van der Waals surface area contributed by atoms with Crippen molar-refractivity contribution < 1.29 is 19.1 Å². The summed E-state index contributed by atoms with van der Waals surface area (Å²) in [4.78, 5) is 36.4. The van der Waals surface area contributed by atoms with Crippen LogP contribution in [0.1, 0.15) is 33.4 Å². The Bertz CT molecular complexity index is 1080. The summed E-state index contributed by atoms with van der Waals surface area (Å²) in [7, 11) is 1.56. The number of hydrogen-bond donors (Lipinski definition) is 3. The summed E-state index contributed by atoms with van der Waals surface area (Å²) in [6.07, 6.45) is 0.362. The number of benzene rings is 2. The number of hydrazine groups is 1. The highest BCUT2D eigenvalue weighted by Crippen LogP contribution is 2.37. The number of thiophene rings is 1. The molecule has 0 saturated carbocycles. The molecule has 3 aromatic rings. The van der Waals surface area contributed by atoms with Crippen molar-refractivity contribution in [3.63, 3.8) is 0 Å². The standard InChI is InChI=1S/C20H18ClN3O4S/c1-3-16(25)22-12-6-4-11(5-7-12)19(26)23-24-20(27)18-17(21)14-9-8-13(28-2)10-15(14)29-18/h4-10H,3H2,1-2H3,(H,22,25)(H,23,26)(H,24,27). The van der Waals surface area contributed by atoms with Crippen molar-refractivity contribution >= 4 is 56.4 Å². The number of carbonyl (C=O) groups excluding carboxylic acids is 3. The van der Waals surface area contributed by atoms with Crippen molar-refractivity contribution in [1.82, 2.24) is 10.9 Å². The first-order valence-corrected chi connectivity index (χ1v) is 9.89. The zero-order chi connectivity index (χ0) is 21.0. The number of hydrogen-bond acceptors (Lipinski definition) is 5. The van der Waals surface area contributed by atoms with Crippen LogP contribution in [-0.4, -0.2) is 24.8 Å². The Kier molecular flexibility index (Phi) is 6.36. The Labute approximate surface area is 176 Å². The first-order valence-electron chi connectivity index (χ1n) is 8.69. The molecule has 1 heterocycles. The lowest BCUT2D eigenvalue weighted by molar-refractivity contribution is -0.115. The van der Waals surface area contributed by atoms with E-state index in [1.54, 1.807) is 56.5 Å². The molecule has 0 atom stereocenters. The Balaban J connectivity index is 1.65. The maximum Gasteiger partial charge on any atom is 0.281 e. The van der Waals surface area contributed by atoms with Crippen LogP contribution in [0.3, 0.4) is 0 Å². The second kappa shape index (κ2) is 8.93. The van der Waals surface area contributed by atoms with Gasteiger partial charge < -0.3 is 10.1 Å². The lowest BCUT2D eigenvalue weighted by Gasteiger charge is -2.08. The molecule has 9 heteroatoms. The molecular formula is C20H18ClN3O4S. The molecule has 0 fully saturated rings. The first-order chi connectivity index (χ1) is 13.9. The van der Waals surface area contributed by atoms with Crippen LogP contribution in [0.25, 0.3) is 10.1 Å². The van der Waals surface area contributed by atoms with Gasteiger partial charge in [0, 0.05) is 27.8 Å². The van der Waals surface area contributed by atoms with Crippen LogP contribution >= 0.6 is 22.9 Å². The van der Waals surface area contributed by atoms with Crippen molar-refractivity contribution in [3.8, 4) is 5.75 Å². The molecule has 0 aliphatic carbocycles. The van der Waals surface area contributed by atoms with Crippen LogP contribution in [0.4, 0.5) is 5.69 Å². The first kappa shape index (κ1) is 20.6. The molecule has 0 unspecified atom stereocenters. The zero-order valence-corrected chi connectivity index (χ0v) is 17.2. The van der Waals surface area contributed by atoms with E-state index >= 15 is 0 Å². The molecule has 29 heavy (non-hydrogen) atoms. The van der Waals surface area contributed by atoms with Crippen molar-refractivity contribution in [1.29, 1.82) is 0 Å². The minimum absolute atomic E-state index is 0.118. The summed E-state index contributed by atoms with van der Waals surface area (Å²) >= 11 is 7.52. The third-order valence-electron chi connectivity index (χ3n) is 4.08. The van der Waals surface area contributed by atoms with Gasteiger partial charge in [-0.05, 0) is 42.5 Å². The Morgan fingerprint density at radius 3 is 2.38 bits per heavy atom. The van der Waals surface area contributed by atoms with Crippen molar-refractivity contribution in [3.05, 3.63) is 57.9 Å². The van der Waals surface area contributed by atoms with E-state index in [1.165, 1.54) is 11.3 Å². The Hall–Kier alpha value is -3.10. The van der Waals surface area contributed by atoms with Crippen LogP contribution in [0.5, 0.6) is 5.75 Å². The fraction of sp³-hybridized carbons (Fsp3) is 0.150. The fourth-order valence-electron chi connectivity index (χ4n) is 2.52. The number of fused-ring (bicyclic) bond motifs is 1. The Morgan fingerprint density at radius 2 is 1.72 bits per heavy atom. The van der Waals surface area contributed by atoms with Crippen LogP contribution in [-0.2, 0) is 4.79 Å². The predicted octanol–water partition coefficient (Wildman–Crippen LogP) is 3.99. The van der Waals surface area contributed by atoms with E-state index in [9.17, 15) is 14.4 Å². The second-order valence-electron chi connectivity index (χ2n) is 5.99. The van der Waals surface area contributed by atoms with Gasteiger partial charge in [-0.3, -0.25) is 25.2 Å². The average molecular weight is 432 g/mol. The Morgan fingerprint density at radius 1 is 1.03 bits per heavy atom. The van der Waals surface area contributed by atoms with Gasteiger partial charge in [0.2, 0.25) is 5.91 Å². The van der Waals surface area contributed by atoms with E-state index < -0.39 is 11.8 Å². The topological polar surface area (TPSA) is 96.5 Å². The number of ether oxygens (including phenoxy) is 1. The third kappa shape index (κ3) is 4.67. The van der Waals surface area contributed by atoms with E-state index in [0.717, 1.165) is 10.1 Å². The third-order valence-corrected chi connectivity index (χ3v) is 5.74. The molecule has 0 spiro atoms. The van der Waals surface area contributed by atoms with Gasteiger partial charge in [0.15, 0.2) is 0 Å². The normalized spacial score (nSPS) is 10.4. The molecule has 150 valence electrons. The molecular weight excluding hydrogens is 414 g/mol. The average Bonchev–Trinajstić information content (AvgIpc) is 3.08. The van der Waals surface area contributed by atoms with Gasteiger partial charge in [0.1, 0.15) is 10.6 Å². The predicted molar refractivity (Wildman–Crippen MR) is 114 cm³/mol. The van der Waals surface area contributed by atoms with Gasteiger partial charge in [-0.25, -0.2) is 0 Å². The minimum Gasteiger partial charge on any atom is -0.497 e. The SMILES string of the molecule is CCC(=O)Nc1ccc(C(=O)NNC(=O)c2sc3cc(OC)ccc3c2Cl)cc1. The molecule has 0 saturated heterocycles. The highest BCUT2D eigenvalue weighted by molar-refractivity contribution is 7.21. The summed E-state index contributed by atoms with van der Waals surface area (Å²) in [5, 5.41) is 3.74. The van der Waals surface area contributed by atoms with Crippen molar-refractivity contribution in [2.45, 2.75) is 13.3 Å². The molecule has 7 nitrogen and oxygen atoms in total. The zero-order valence-electron chi connectivity index (χ0n) is 15.7. The van der Waals surface area contributed by atoms with E-state index in [2.05, 4.69) is 16.2 Å². The van der Waals surface area contributed by atoms with Gasteiger partial charge in [-0.15, -0.1) is 11.3 Å². The summed E-state index contributed by atoms with van der Waals surface area (Å²) in [5.41, 5.74) is 5.64. The molecule has 2 aromatic carbocycles. The quantitative estimate of drug-likeness (QED) is 0.532. The number of methoxy groups -OCH3 is 1. The van der Waals surface area contributed by atoms with Crippen molar-refractivity contribution in [2.24, 2.45) is 0 Å². The molecule has 3 N–H and O–H groups in total. The lowest BCUT2D eigenvalue weighted by Crippen LogP contribution is -2.41. The largest absolute Gasteiger partial charge is 0.497 e. The number of carbonyl (C=O) groups is 3. The van der Waals surface area contributed by atoms with Crippen LogP contribution in [0, 0.1) is 0 Å². The van der Waals surface area contributed by atoms with Crippen LogP contribution < -0.4 is 20.9 Å². The van der Waals surface area contributed by atoms with Gasteiger partial charge in [0.05, 0.1) is 12.1 Å². The summed E-state index contributed by atoms with van der Waals surface area (Å²) in [6.45, 7) is 1.75. The molecule has 0 bridgehead atoms. The smallest absolute Gasteiger partial charge is 0.281 e. The minimum atomic E-state index is -0.518. The maximum atomic E-state index is 12.5. The summed E-state index contributed by atoms with van der Waals surface area (Å²) < 4.78 is 5.98. The van der Waals surface area contributed by atoms with Gasteiger partial charge in [0.25, 0.3) is 11.8 Å². The van der Waals surface area contributed by atoms with Gasteiger partial charge >= 0.3 is 0 Å². The molecule has 0 radical (unpaired) electrons. The summed E-state index contributed by atoms with van der Waals surface area (Å²) in [6, 6.07) is 11.6. The fourth-order valence-corrected chi connectivity index (χ4v) is 3.96. The number of rotatable bonds is 5. The van der Waals surface area contributed by atoms with E-state index in [4.69, 9.17) is 16.3 Å². The maximum absolute atomic E-state index is 12.5. The van der Waals surface area contributed by atoms with Gasteiger partial charge in [-0.2, -0.15) is 0 Å². The lowest BCUT2D eigenvalue weighted by atomic mass is 10.2. The molecule has 3 amide bonds. The molecule has 3 rings (SSSR count). The number of anilines is 1. The highest BCUT2D eigenvalue weighted by Gasteiger charge is 2.18. The monoisotopic (exact) mass is 431 g/mol. The number of amides is 3. The number of nitrogens with one attached hydrogen (secondary N) is 3. The summed E-state index contributed by atoms with van der Waals surface area (Å²) in [5.74, 6) is -0.470. The van der Waals surface area contributed by atoms with E-state index in [0.29, 0.717) is 28.4 Å².